The number of hydrogen-bond donors (Lipinski definition) is 0. The summed E-state index contributed by atoms with van der Waals surface area (Å²) in [4.78, 5) is 14.6. The molecule has 4 aromatic carbocycles. The molecule has 192 valence electrons. The summed E-state index contributed by atoms with van der Waals surface area (Å²) in [6.07, 6.45) is -0.495. The van der Waals surface area contributed by atoms with E-state index in [2.05, 4.69) is 0 Å². The van der Waals surface area contributed by atoms with Crippen LogP contribution in [0.4, 0.5) is 11.4 Å². The van der Waals surface area contributed by atoms with Gasteiger partial charge in [0.1, 0.15) is 12.4 Å². The third-order valence-electron chi connectivity index (χ3n) is 6.02. The smallest absolute Gasteiger partial charge is 0.198 e. The molecule has 1 atom stereocenters. The number of carbonyl (C=O) groups excluding carboxylic acids is 1. The lowest BCUT2D eigenvalue weighted by Crippen LogP contribution is -2.37. The van der Waals surface area contributed by atoms with Crippen LogP contribution in [0.1, 0.15) is 24.2 Å². The van der Waals surface area contributed by atoms with Crippen molar-refractivity contribution in [3.63, 3.8) is 0 Å². The van der Waals surface area contributed by atoms with E-state index in [0.717, 1.165) is 16.8 Å². The molecule has 0 spiro atoms. The van der Waals surface area contributed by atoms with Gasteiger partial charge in [0.2, 0.25) is 0 Å². The number of carbonyl (C=O) groups is 1. The van der Waals surface area contributed by atoms with Crippen molar-refractivity contribution in [3.8, 4) is 5.75 Å². The summed E-state index contributed by atoms with van der Waals surface area (Å²) in [5.41, 5.74) is 3.21. The van der Waals surface area contributed by atoms with Gasteiger partial charge in [-0.05, 0) is 66.2 Å². The first-order chi connectivity index (χ1) is 18.3. The van der Waals surface area contributed by atoms with Crippen molar-refractivity contribution in [2.45, 2.75) is 19.7 Å². The second-order valence-electron chi connectivity index (χ2n) is 8.59. The van der Waals surface area contributed by atoms with Crippen molar-refractivity contribution in [2.24, 2.45) is 5.10 Å². The highest BCUT2D eigenvalue weighted by Gasteiger charge is 2.39. The molecular formula is C29H21Cl4N3O2. The van der Waals surface area contributed by atoms with Crippen molar-refractivity contribution in [2.75, 3.05) is 9.91 Å². The van der Waals surface area contributed by atoms with Crippen molar-refractivity contribution in [1.82, 2.24) is 0 Å². The lowest BCUT2D eigenvalue weighted by molar-refractivity contribution is -0.111. The Hall–Kier alpha value is -3.22. The summed E-state index contributed by atoms with van der Waals surface area (Å²) >= 11 is 25.0. The van der Waals surface area contributed by atoms with Crippen LogP contribution >= 0.6 is 46.4 Å². The highest BCUT2D eigenvalue weighted by molar-refractivity contribution is 6.45. The first kappa shape index (κ1) is 26.4. The molecule has 0 radical (unpaired) electrons. The molecule has 5 rings (SSSR count). The van der Waals surface area contributed by atoms with Crippen molar-refractivity contribution in [1.29, 1.82) is 0 Å². The maximum Gasteiger partial charge on any atom is 0.198 e. The fourth-order valence-electron chi connectivity index (χ4n) is 4.16. The Morgan fingerprint density at radius 2 is 1.50 bits per heavy atom. The zero-order valence-corrected chi connectivity index (χ0v) is 23.1. The second-order valence-corrected chi connectivity index (χ2v) is 10.3. The van der Waals surface area contributed by atoms with Crippen molar-refractivity contribution < 1.29 is 9.53 Å². The molecule has 0 aliphatic carbocycles. The van der Waals surface area contributed by atoms with Crippen LogP contribution in [0.3, 0.4) is 0 Å². The summed E-state index contributed by atoms with van der Waals surface area (Å²) < 4.78 is 5.97. The summed E-state index contributed by atoms with van der Waals surface area (Å²) in [6, 6.07) is 27.7. The Kier molecular flexibility index (Phi) is 7.82. The van der Waals surface area contributed by atoms with Gasteiger partial charge in [-0.15, -0.1) is 5.10 Å². The number of ether oxygens (including phenoxy) is 1. The number of benzene rings is 4. The molecule has 1 heterocycles. The predicted octanol–water partition coefficient (Wildman–Crippen LogP) is 8.81. The summed E-state index contributed by atoms with van der Waals surface area (Å²) in [6.45, 7) is 1.82. The second kappa shape index (κ2) is 11.3. The fourth-order valence-corrected chi connectivity index (χ4v) is 4.77. The number of amidine groups is 1. The van der Waals surface area contributed by atoms with Crippen LogP contribution in [0, 0.1) is 0 Å². The number of hydrogen-bond acceptors (Lipinski definition) is 5. The average molecular weight is 585 g/mol. The van der Waals surface area contributed by atoms with E-state index < -0.39 is 6.17 Å². The first-order valence-electron chi connectivity index (χ1n) is 11.7. The topological polar surface area (TPSA) is 45.1 Å². The average Bonchev–Trinajstić information content (AvgIpc) is 3.31. The molecule has 0 aromatic heterocycles. The molecule has 0 saturated carbocycles. The maximum atomic E-state index is 12.8. The molecule has 0 amide bonds. The number of halogens is 4. The van der Waals surface area contributed by atoms with Crippen LogP contribution in [0.5, 0.6) is 5.75 Å². The largest absolute Gasteiger partial charge is 0.489 e. The van der Waals surface area contributed by atoms with Crippen molar-refractivity contribution in [3.05, 3.63) is 122 Å². The number of nitrogens with zero attached hydrogens (tertiary/aromatic N) is 3. The SMILES string of the molecule is CC(=O)C1=NN(c2ccc(Cl)cc2)[C@@H](c2ccc(OCc3ccccc3Cl)cc2)N1c1ccc(Cl)c(Cl)c1. The standard InChI is InChI=1S/C29H21Cl4N3O2/c1-18(37)28-34-36(22-10-8-21(30)9-11-22)29(35(28)23-12-15-26(32)27(33)16-23)19-6-13-24(14-7-19)38-17-20-4-2-3-5-25(20)31/h2-16,29H,17H2,1H3/t29-/m0/s1. The molecule has 1 aliphatic rings. The van der Waals surface area contributed by atoms with Crippen LogP contribution in [-0.4, -0.2) is 11.6 Å². The minimum atomic E-state index is -0.495. The molecule has 0 saturated heterocycles. The van der Waals surface area contributed by atoms with Crippen LogP contribution in [0.15, 0.2) is 96.1 Å². The molecule has 1 aliphatic heterocycles. The third kappa shape index (κ3) is 5.47. The Morgan fingerprint density at radius 3 is 2.16 bits per heavy atom. The lowest BCUT2D eigenvalue weighted by Gasteiger charge is -2.32. The Labute approximate surface area is 240 Å². The maximum absolute atomic E-state index is 12.8. The minimum Gasteiger partial charge on any atom is -0.489 e. The van der Waals surface area contributed by atoms with E-state index in [-0.39, 0.29) is 11.6 Å². The minimum absolute atomic E-state index is 0.197. The summed E-state index contributed by atoms with van der Waals surface area (Å²) in [5, 5.41) is 8.56. The Bertz CT molecular complexity index is 1510. The van der Waals surface area contributed by atoms with E-state index >= 15 is 0 Å². The normalized spacial score (nSPS) is 15.0. The van der Waals surface area contributed by atoms with Gasteiger partial charge in [-0.25, -0.2) is 5.01 Å². The van der Waals surface area contributed by atoms with E-state index in [9.17, 15) is 4.79 Å². The van der Waals surface area contributed by atoms with E-state index in [1.54, 1.807) is 29.3 Å². The fraction of sp³-hybridized carbons (Fsp3) is 0.103. The molecule has 38 heavy (non-hydrogen) atoms. The Balaban J connectivity index is 1.53. The molecule has 0 N–H and O–H groups in total. The van der Waals surface area contributed by atoms with Gasteiger partial charge in [0.15, 0.2) is 17.8 Å². The number of hydrazone groups is 1. The zero-order valence-electron chi connectivity index (χ0n) is 20.1. The quantitative estimate of drug-likeness (QED) is 0.218. The highest BCUT2D eigenvalue weighted by Crippen LogP contribution is 2.41. The monoisotopic (exact) mass is 583 g/mol. The molecule has 0 unspecified atom stereocenters. The molecular weight excluding hydrogens is 564 g/mol. The molecule has 5 nitrogen and oxygen atoms in total. The van der Waals surface area contributed by atoms with Crippen LogP contribution < -0.4 is 14.6 Å². The zero-order chi connectivity index (χ0) is 26.8. The first-order valence-corrected chi connectivity index (χ1v) is 13.2. The van der Waals surface area contributed by atoms with Gasteiger partial charge >= 0.3 is 0 Å². The third-order valence-corrected chi connectivity index (χ3v) is 7.38. The number of Topliss-reactive ketones (excluding diaryl/α,β-unsaturated/α-hetero) is 1. The van der Waals surface area contributed by atoms with Gasteiger partial charge in [-0.2, -0.15) is 0 Å². The number of anilines is 2. The Morgan fingerprint density at radius 1 is 0.816 bits per heavy atom. The summed E-state index contributed by atoms with van der Waals surface area (Å²) in [7, 11) is 0. The van der Waals surface area contributed by atoms with E-state index in [1.807, 2.05) is 71.6 Å². The van der Waals surface area contributed by atoms with E-state index in [4.69, 9.17) is 56.2 Å². The predicted molar refractivity (Wildman–Crippen MR) is 156 cm³/mol. The van der Waals surface area contributed by atoms with Crippen molar-refractivity contribution >= 4 is 69.4 Å². The summed E-state index contributed by atoms with van der Waals surface area (Å²) in [5.74, 6) is 0.748. The highest BCUT2D eigenvalue weighted by atomic mass is 35.5. The van der Waals surface area contributed by atoms with E-state index in [0.29, 0.717) is 38.1 Å². The van der Waals surface area contributed by atoms with Gasteiger partial charge in [-0.1, -0.05) is 76.7 Å². The van der Waals surface area contributed by atoms with E-state index in [1.165, 1.54) is 6.92 Å². The molecule has 4 aromatic rings. The number of ketones is 1. The lowest BCUT2D eigenvalue weighted by atomic mass is 10.1. The van der Waals surface area contributed by atoms with Gasteiger partial charge in [0.25, 0.3) is 0 Å². The molecule has 9 heteroatoms. The molecule has 0 fully saturated rings. The number of rotatable bonds is 7. The van der Waals surface area contributed by atoms with Gasteiger partial charge < -0.3 is 4.74 Å². The van der Waals surface area contributed by atoms with Gasteiger partial charge in [0, 0.05) is 28.2 Å². The van der Waals surface area contributed by atoms with Gasteiger partial charge in [0.05, 0.1) is 15.7 Å². The van der Waals surface area contributed by atoms with Gasteiger partial charge in [-0.3, -0.25) is 9.69 Å². The van der Waals surface area contributed by atoms with Crippen LogP contribution in [0.25, 0.3) is 0 Å². The molecule has 0 bridgehead atoms. The van der Waals surface area contributed by atoms with Crippen LogP contribution in [-0.2, 0) is 11.4 Å². The van der Waals surface area contributed by atoms with Crippen LogP contribution in [0.2, 0.25) is 20.1 Å².